The van der Waals surface area contributed by atoms with Crippen molar-refractivity contribution in [2.45, 2.75) is 0 Å². The van der Waals surface area contributed by atoms with E-state index in [1.807, 2.05) is 97.1 Å². The number of hydrogen-bond acceptors (Lipinski definition) is 5. The molecule has 6 heteroatoms. The molecule has 0 saturated carbocycles. The number of benzene rings is 6. The van der Waals surface area contributed by atoms with E-state index < -0.39 is 0 Å². The first-order valence-electron chi connectivity index (χ1n) is 16.2. The zero-order chi connectivity index (χ0) is 32.6. The molecule has 0 aliphatic carbocycles. The standard InChI is InChI=1S/C43H28N6/c1-3-14-29(15-4-1)40-46-41(30-16-5-2-6-17-30)48-42(47-40)36-26-25-33(34-20-7-8-21-35(34)36)31-18-13-19-32(28-31)49-39-24-10-9-22-37(39)45-43(49)38-23-11-12-27-44-38/h1-28H. The second-order valence-electron chi connectivity index (χ2n) is 11.8. The van der Waals surface area contributed by atoms with Gasteiger partial charge in [-0.2, -0.15) is 0 Å². The monoisotopic (exact) mass is 628 g/mol. The van der Waals surface area contributed by atoms with Crippen LogP contribution in [0.3, 0.4) is 0 Å². The van der Waals surface area contributed by atoms with Gasteiger partial charge < -0.3 is 0 Å². The van der Waals surface area contributed by atoms with Crippen LogP contribution in [0.1, 0.15) is 0 Å². The van der Waals surface area contributed by atoms with E-state index in [1.165, 1.54) is 0 Å². The Hall–Kier alpha value is -6.79. The van der Waals surface area contributed by atoms with Crippen molar-refractivity contribution in [2.24, 2.45) is 0 Å². The van der Waals surface area contributed by atoms with Crippen LogP contribution in [0.2, 0.25) is 0 Å². The lowest BCUT2D eigenvalue weighted by atomic mass is 9.94. The minimum absolute atomic E-state index is 0.633. The highest BCUT2D eigenvalue weighted by Gasteiger charge is 2.18. The fourth-order valence-corrected chi connectivity index (χ4v) is 6.44. The largest absolute Gasteiger partial charge is 0.291 e. The highest BCUT2D eigenvalue weighted by Crippen LogP contribution is 2.37. The summed E-state index contributed by atoms with van der Waals surface area (Å²) in [6.07, 6.45) is 1.81. The molecule has 0 N–H and O–H groups in total. The number of pyridine rings is 1. The van der Waals surface area contributed by atoms with Crippen LogP contribution < -0.4 is 0 Å². The minimum atomic E-state index is 0.633. The Morgan fingerprint density at radius 2 is 1.00 bits per heavy atom. The molecule has 0 radical (unpaired) electrons. The summed E-state index contributed by atoms with van der Waals surface area (Å²) in [5, 5.41) is 2.18. The predicted octanol–water partition coefficient (Wildman–Crippen LogP) is 10.1. The molecule has 0 aliphatic rings. The van der Waals surface area contributed by atoms with Crippen molar-refractivity contribution in [1.29, 1.82) is 0 Å². The molecule has 0 spiro atoms. The van der Waals surface area contributed by atoms with Gasteiger partial charge in [0.2, 0.25) is 0 Å². The number of nitrogens with zero attached hydrogens (tertiary/aromatic N) is 6. The topological polar surface area (TPSA) is 69.4 Å². The smallest absolute Gasteiger partial charge is 0.164 e. The van der Waals surface area contributed by atoms with Crippen LogP contribution in [0.4, 0.5) is 0 Å². The molecule has 0 atom stereocenters. The zero-order valence-corrected chi connectivity index (χ0v) is 26.3. The molecule has 3 aromatic heterocycles. The third kappa shape index (κ3) is 5.22. The number of aromatic nitrogens is 6. The van der Waals surface area contributed by atoms with Crippen LogP contribution in [0.5, 0.6) is 0 Å². The number of rotatable bonds is 6. The van der Waals surface area contributed by atoms with Crippen LogP contribution in [-0.2, 0) is 0 Å². The first-order chi connectivity index (χ1) is 24.3. The zero-order valence-electron chi connectivity index (χ0n) is 26.3. The van der Waals surface area contributed by atoms with E-state index in [4.69, 9.17) is 19.9 Å². The van der Waals surface area contributed by atoms with Gasteiger partial charge in [0.1, 0.15) is 5.69 Å². The first-order valence-corrected chi connectivity index (χ1v) is 16.2. The van der Waals surface area contributed by atoms with Gasteiger partial charge in [-0.05, 0) is 64.4 Å². The van der Waals surface area contributed by atoms with Gasteiger partial charge in [-0.15, -0.1) is 0 Å². The summed E-state index contributed by atoms with van der Waals surface area (Å²) in [4.78, 5) is 24.6. The van der Waals surface area contributed by atoms with Gasteiger partial charge >= 0.3 is 0 Å². The Balaban J connectivity index is 1.21. The van der Waals surface area contributed by atoms with Gasteiger partial charge in [0.15, 0.2) is 23.3 Å². The highest BCUT2D eigenvalue weighted by molar-refractivity contribution is 6.04. The maximum absolute atomic E-state index is 5.03. The molecule has 0 aliphatic heterocycles. The maximum atomic E-state index is 5.03. The average Bonchev–Trinajstić information content (AvgIpc) is 3.58. The number of para-hydroxylation sites is 2. The van der Waals surface area contributed by atoms with Gasteiger partial charge in [-0.3, -0.25) is 9.55 Å². The highest BCUT2D eigenvalue weighted by atomic mass is 15.1. The molecule has 9 aromatic rings. The molecule has 3 heterocycles. The molecule has 49 heavy (non-hydrogen) atoms. The third-order valence-electron chi connectivity index (χ3n) is 8.73. The van der Waals surface area contributed by atoms with Crippen molar-refractivity contribution in [1.82, 2.24) is 29.5 Å². The van der Waals surface area contributed by atoms with Gasteiger partial charge in [0.05, 0.1) is 11.0 Å². The van der Waals surface area contributed by atoms with E-state index in [1.54, 1.807) is 6.20 Å². The van der Waals surface area contributed by atoms with Crippen molar-refractivity contribution in [3.05, 3.63) is 170 Å². The lowest BCUT2D eigenvalue weighted by Crippen LogP contribution is -2.01. The van der Waals surface area contributed by atoms with E-state index in [0.29, 0.717) is 17.5 Å². The quantitative estimate of drug-likeness (QED) is 0.183. The molecule has 6 aromatic carbocycles. The molecule has 0 bridgehead atoms. The van der Waals surface area contributed by atoms with E-state index in [-0.39, 0.29) is 0 Å². The van der Waals surface area contributed by atoms with Gasteiger partial charge in [0, 0.05) is 28.6 Å². The van der Waals surface area contributed by atoms with Crippen molar-refractivity contribution >= 4 is 21.8 Å². The summed E-state index contributed by atoms with van der Waals surface area (Å²) in [5.74, 6) is 2.72. The van der Waals surface area contributed by atoms with E-state index in [9.17, 15) is 0 Å². The summed E-state index contributed by atoms with van der Waals surface area (Å²) in [6, 6.07) is 55.7. The predicted molar refractivity (Wildman–Crippen MR) is 197 cm³/mol. The Morgan fingerprint density at radius 3 is 1.71 bits per heavy atom. The third-order valence-corrected chi connectivity index (χ3v) is 8.73. The second kappa shape index (κ2) is 12.1. The van der Waals surface area contributed by atoms with Crippen molar-refractivity contribution in [3.63, 3.8) is 0 Å². The summed E-state index contributed by atoms with van der Waals surface area (Å²) >= 11 is 0. The normalized spacial score (nSPS) is 11.3. The van der Waals surface area contributed by atoms with E-state index in [2.05, 4.69) is 76.3 Å². The maximum Gasteiger partial charge on any atom is 0.164 e. The van der Waals surface area contributed by atoms with Crippen LogP contribution in [0.25, 0.3) is 84.3 Å². The van der Waals surface area contributed by atoms with E-state index >= 15 is 0 Å². The first kappa shape index (κ1) is 28.4. The fourth-order valence-electron chi connectivity index (χ4n) is 6.44. The van der Waals surface area contributed by atoms with Gasteiger partial charge in [-0.1, -0.05) is 121 Å². The summed E-state index contributed by atoms with van der Waals surface area (Å²) in [5.41, 5.74) is 8.82. The molecular formula is C43H28N6. The number of imidazole rings is 1. The van der Waals surface area contributed by atoms with Crippen molar-refractivity contribution in [3.8, 4) is 62.5 Å². The Bertz CT molecular complexity index is 2540. The van der Waals surface area contributed by atoms with Crippen LogP contribution in [0.15, 0.2) is 170 Å². The average molecular weight is 629 g/mol. The SMILES string of the molecule is c1ccc(-c2nc(-c3ccccc3)nc(-c3ccc(-c4cccc(-n5c(-c6ccccn6)nc6ccccc65)c4)c4ccccc34)n2)cc1. The van der Waals surface area contributed by atoms with E-state index in [0.717, 1.165) is 66.8 Å². The van der Waals surface area contributed by atoms with Crippen molar-refractivity contribution in [2.75, 3.05) is 0 Å². The minimum Gasteiger partial charge on any atom is -0.291 e. The Morgan fingerprint density at radius 1 is 0.408 bits per heavy atom. The number of fused-ring (bicyclic) bond motifs is 2. The van der Waals surface area contributed by atoms with Gasteiger partial charge in [-0.25, -0.2) is 19.9 Å². The van der Waals surface area contributed by atoms with Crippen LogP contribution in [-0.4, -0.2) is 29.5 Å². The summed E-state index contributed by atoms with van der Waals surface area (Å²) in [7, 11) is 0. The fraction of sp³-hybridized carbons (Fsp3) is 0. The van der Waals surface area contributed by atoms with Crippen LogP contribution >= 0.6 is 0 Å². The molecular weight excluding hydrogens is 601 g/mol. The summed E-state index contributed by atoms with van der Waals surface area (Å²) < 4.78 is 2.19. The summed E-state index contributed by atoms with van der Waals surface area (Å²) in [6.45, 7) is 0. The van der Waals surface area contributed by atoms with Gasteiger partial charge in [0.25, 0.3) is 0 Å². The Labute approximate surface area is 283 Å². The molecule has 9 rings (SSSR count). The molecule has 0 amide bonds. The number of hydrogen-bond donors (Lipinski definition) is 0. The molecule has 0 fully saturated rings. The van der Waals surface area contributed by atoms with Crippen LogP contribution in [0, 0.1) is 0 Å². The molecule has 6 nitrogen and oxygen atoms in total. The Kier molecular flexibility index (Phi) is 7.02. The molecule has 0 unspecified atom stereocenters. The van der Waals surface area contributed by atoms with Crippen molar-refractivity contribution < 1.29 is 0 Å². The second-order valence-corrected chi connectivity index (χ2v) is 11.8. The lowest BCUT2D eigenvalue weighted by Gasteiger charge is -2.15. The molecule has 230 valence electrons. The molecule has 0 saturated heterocycles. The lowest BCUT2D eigenvalue weighted by molar-refractivity contribution is 1.08.